The highest BCUT2D eigenvalue weighted by molar-refractivity contribution is 6.30. The van der Waals surface area contributed by atoms with Crippen molar-refractivity contribution in [2.75, 3.05) is 86.8 Å². The molecule has 0 bridgehead atoms. The fraction of sp³-hybridized carbons (Fsp3) is 0.534. The Kier molecular flexibility index (Phi) is 26.9. The van der Waals surface area contributed by atoms with Gasteiger partial charge in [-0.1, -0.05) is 80.4 Å². The molecule has 4 aliphatic heterocycles. The number of hydrogen-bond acceptors (Lipinski definition) is 15. The van der Waals surface area contributed by atoms with Gasteiger partial charge in [-0.2, -0.15) is 0 Å². The third-order valence-electron chi connectivity index (χ3n) is 20.4. The standard InChI is InChI=1S/C73H97ClN14O15/c1-8-43(4)64-73(102)84(7)58(31-44-20-18-21-47(74)30-44)67(96)80-56(41-89)66(95)78-53(32-45-36-75-51-24-14-12-22-49(45)51)65(94)79-54(33-46-37-76-52-25-15-13-23-50(46)52)70(99)87-29-19-26-57(87)71(100)82(5)39-61(91)77-55(69(98)86-27-16-11-17-28-86)35-62(92)85(9-2)40-63(93)83(6)60(42-90)72(101)88-38-48(103-10-3)34-59(88)68(97)81-64/h12-15,18,20-25,30,36-37,43,48,53-60,64,75-76,89-90H,8-11,16-17,19,26-29,31-35,38-42H2,1-7H3,(H,77,91)(H,78,95)(H,79,94)(H,80,96)(H,81,97)/t43-,48+,53-,54-,55-,56+,57-,58-,59-,60-,64-/m0/s1. The maximum Gasteiger partial charge on any atom is 0.248 e. The van der Waals surface area contributed by atoms with Crippen LogP contribution in [-0.2, 0) is 81.5 Å². The second-order valence-electron chi connectivity index (χ2n) is 27.2. The van der Waals surface area contributed by atoms with Gasteiger partial charge >= 0.3 is 0 Å². The van der Waals surface area contributed by atoms with E-state index in [0.29, 0.717) is 71.4 Å². The first-order valence-electron chi connectivity index (χ1n) is 35.5. The van der Waals surface area contributed by atoms with Crippen molar-refractivity contribution in [2.24, 2.45) is 5.92 Å². The molecule has 556 valence electrons. The molecule has 0 spiro atoms. The van der Waals surface area contributed by atoms with Crippen molar-refractivity contribution in [3.8, 4) is 0 Å². The summed E-state index contributed by atoms with van der Waals surface area (Å²) in [6.07, 6.45) is 4.37. The summed E-state index contributed by atoms with van der Waals surface area (Å²) in [5.41, 5.74) is 3.08. The van der Waals surface area contributed by atoms with E-state index in [1.165, 1.54) is 30.9 Å². The summed E-state index contributed by atoms with van der Waals surface area (Å²) in [5, 5.41) is 37.6. The highest BCUT2D eigenvalue weighted by Gasteiger charge is 2.47. The second kappa shape index (κ2) is 35.6. The Morgan fingerprint density at radius 1 is 0.602 bits per heavy atom. The smallest absolute Gasteiger partial charge is 0.248 e. The molecule has 11 atom stereocenters. The summed E-state index contributed by atoms with van der Waals surface area (Å²) in [6, 6.07) is 7.82. The number of rotatable bonds is 14. The molecule has 29 nitrogen and oxygen atoms in total. The number of likely N-dealkylation sites (tertiary alicyclic amines) is 1. The number of aliphatic hydroxyl groups is 2. The topological polar surface area (TPSA) is 369 Å². The van der Waals surface area contributed by atoms with Gasteiger partial charge in [-0.3, -0.25) is 57.5 Å². The number of halogens is 1. The Morgan fingerprint density at radius 2 is 1.23 bits per heavy atom. The van der Waals surface area contributed by atoms with Gasteiger partial charge in [0.05, 0.1) is 38.8 Å². The monoisotopic (exact) mass is 1440 g/mol. The number of nitrogens with one attached hydrogen (secondary N) is 7. The molecule has 0 radical (unpaired) electrons. The van der Waals surface area contributed by atoms with Crippen LogP contribution in [0.2, 0.25) is 5.02 Å². The van der Waals surface area contributed by atoms with E-state index in [9.17, 15) is 48.6 Å². The van der Waals surface area contributed by atoms with Crippen LogP contribution in [0.4, 0.5) is 0 Å². The van der Waals surface area contributed by atoms with Crippen LogP contribution in [0.5, 0.6) is 0 Å². The number of amides is 12. The van der Waals surface area contributed by atoms with Crippen LogP contribution in [0, 0.1) is 5.92 Å². The lowest BCUT2D eigenvalue weighted by Crippen LogP contribution is -2.62. The molecule has 9 rings (SSSR count). The van der Waals surface area contributed by atoms with E-state index >= 15 is 19.2 Å². The third-order valence-corrected chi connectivity index (χ3v) is 20.6. The quantitative estimate of drug-likeness (QED) is 0.0753. The largest absolute Gasteiger partial charge is 0.394 e. The molecule has 6 heterocycles. The van der Waals surface area contributed by atoms with Crippen LogP contribution in [0.1, 0.15) is 95.8 Å². The molecule has 12 amide bonds. The number of piperidine rings is 1. The van der Waals surface area contributed by atoms with Crippen LogP contribution in [0.25, 0.3) is 21.8 Å². The molecule has 2 aromatic heterocycles. The molecule has 0 saturated carbocycles. The first kappa shape index (κ1) is 77.7. The van der Waals surface area contributed by atoms with E-state index in [1.807, 2.05) is 42.5 Å². The van der Waals surface area contributed by atoms with E-state index in [2.05, 4.69) is 36.6 Å². The SMILES string of the molecule is CCO[C@@H]1C[C@H]2C(=O)N[C@@H]([C@@H](C)CC)C(=O)N(C)[C@@H](Cc3cccc(Cl)c3)C(=O)N[C@H](CO)C(=O)N[C@@H](Cc3c[nH]c4ccccc34)C(=O)N[C@@H](Cc3c[nH]c4ccccc34)C(=O)N3CCC[C@H]3C(=O)N(C)CC(=O)N[C@H](C(=O)N3CCCCC3)CC(=O)N(CC)CC(=O)N(C)[C@@H](CO)C(=O)N2C1. The van der Waals surface area contributed by atoms with Crippen molar-refractivity contribution in [1.82, 2.24) is 70.9 Å². The summed E-state index contributed by atoms with van der Waals surface area (Å²) in [5.74, 6) is -10.2. The Labute approximate surface area is 603 Å². The molecular formula is C73H97ClN14O15. The summed E-state index contributed by atoms with van der Waals surface area (Å²) in [6.45, 7) is 4.23. The minimum absolute atomic E-state index is 0.0560. The van der Waals surface area contributed by atoms with Crippen LogP contribution in [0.15, 0.2) is 85.2 Å². The number of aliphatic hydroxyl groups excluding tert-OH is 2. The van der Waals surface area contributed by atoms with Crippen LogP contribution in [-0.4, -0.2) is 273 Å². The van der Waals surface area contributed by atoms with Crippen LogP contribution >= 0.6 is 11.6 Å². The van der Waals surface area contributed by atoms with Gasteiger partial charge in [0.2, 0.25) is 70.9 Å². The number of carbonyl (C=O) groups is 12. The molecule has 9 N–H and O–H groups in total. The molecule has 5 aromatic rings. The van der Waals surface area contributed by atoms with E-state index in [4.69, 9.17) is 16.3 Å². The summed E-state index contributed by atoms with van der Waals surface area (Å²) in [7, 11) is 3.95. The van der Waals surface area contributed by atoms with Gasteiger partial charge in [0.1, 0.15) is 54.4 Å². The van der Waals surface area contributed by atoms with Gasteiger partial charge in [-0.05, 0) is 92.8 Å². The molecule has 4 aliphatic rings. The fourth-order valence-electron chi connectivity index (χ4n) is 14.2. The maximum absolute atomic E-state index is 15.5. The lowest BCUT2D eigenvalue weighted by Gasteiger charge is -2.36. The third kappa shape index (κ3) is 18.7. The van der Waals surface area contributed by atoms with Crippen molar-refractivity contribution in [3.05, 3.63) is 107 Å². The summed E-state index contributed by atoms with van der Waals surface area (Å²) in [4.78, 5) is 193. The normalized spacial score (nSPS) is 25.5. The number of fused-ring (bicyclic) bond motifs is 4. The van der Waals surface area contributed by atoms with E-state index < -0.39 is 170 Å². The molecule has 3 aromatic carbocycles. The zero-order valence-electron chi connectivity index (χ0n) is 59.5. The van der Waals surface area contributed by atoms with Crippen LogP contribution < -0.4 is 26.6 Å². The van der Waals surface area contributed by atoms with E-state index in [1.54, 1.807) is 75.3 Å². The Morgan fingerprint density at radius 3 is 1.85 bits per heavy atom. The van der Waals surface area contributed by atoms with Gasteiger partial charge in [0, 0.05) is 125 Å². The number of para-hydroxylation sites is 2. The van der Waals surface area contributed by atoms with Gasteiger partial charge in [0.25, 0.3) is 0 Å². The van der Waals surface area contributed by atoms with E-state index in [-0.39, 0.29) is 58.3 Å². The summed E-state index contributed by atoms with van der Waals surface area (Å²) >= 11 is 6.48. The van der Waals surface area contributed by atoms with E-state index in [0.717, 1.165) is 36.9 Å². The number of aromatic nitrogens is 2. The molecule has 4 fully saturated rings. The highest BCUT2D eigenvalue weighted by atomic mass is 35.5. The lowest BCUT2D eigenvalue weighted by atomic mass is 9.95. The first-order valence-corrected chi connectivity index (χ1v) is 35.9. The van der Waals surface area contributed by atoms with Crippen LogP contribution in [0.3, 0.4) is 0 Å². The fourth-order valence-corrected chi connectivity index (χ4v) is 14.4. The molecular weight excluding hydrogens is 1350 g/mol. The zero-order valence-corrected chi connectivity index (χ0v) is 60.2. The molecule has 0 unspecified atom stereocenters. The number of ether oxygens (including phenoxy) is 1. The van der Waals surface area contributed by atoms with Gasteiger partial charge in [-0.25, -0.2) is 0 Å². The average molecular weight is 1450 g/mol. The lowest BCUT2D eigenvalue weighted by molar-refractivity contribution is -0.151. The van der Waals surface area contributed by atoms with Crippen molar-refractivity contribution in [1.29, 1.82) is 0 Å². The first-order chi connectivity index (χ1) is 49.4. The predicted molar refractivity (Wildman–Crippen MR) is 381 cm³/mol. The number of H-pyrrole nitrogens is 2. The molecule has 4 saturated heterocycles. The van der Waals surface area contributed by atoms with Crippen molar-refractivity contribution in [3.63, 3.8) is 0 Å². The number of likely N-dealkylation sites (N-methyl/N-ethyl adjacent to an activating group) is 4. The van der Waals surface area contributed by atoms with Crippen molar-refractivity contribution in [2.45, 2.75) is 159 Å². The number of aromatic amines is 2. The minimum atomic E-state index is -1.79. The zero-order chi connectivity index (χ0) is 74.3. The van der Waals surface area contributed by atoms with Gasteiger partial charge in [0.15, 0.2) is 0 Å². The highest BCUT2D eigenvalue weighted by Crippen LogP contribution is 2.28. The number of hydrogen-bond donors (Lipinski definition) is 9. The maximum atomic E-state index is 15.5. The van der Waals surface area contributed by atoms with Gasteiger partial charge < -0.3 is 85.8 Å². The predicted octanol–water partition coefficient (Wildman–Crippen LogP) is 1.16. The second-order valence-corrected chi connectivity index (χ2v) is 27.6. The number of benzene rings is 3. The van der Waals surface area contributed by atoms with Crippen molar-refractivity contribution < 1.29 is 72.5 Å². The average Bonchev–Trinajstić information content (AvgIpc) is 1.69. The molecule has 30 heteroatoms. The number of nitrogens with zero attached hydrogens (tertiary/aromatic N) is 7. The summed E-state index contributed by atoms with van der Waals surface area (Å²) < 4.78 is 5.96. The molecule has 0 aliphatic carbocycles. The number of carbonyl (C=O) groups excluding carboxylic acids is 12. The Balaban J connectivity index is 1.10. The Hall–Kier alpha value is -9.45. The Bertz CT molecular complexity index is 3920. The van der Waals surface area contributed by atoms with Gasteiger partial charge in [-0.15, -0.1) is 0 Å². The minimum Gasteiger partial charge on any atom is -0.394 e. The van der Waals surface area contributed by atoms with Crippen molar-refractivity contribution >= 4 is 104 Å². The molecule has 103 heavy (non-hydrogen) atoms.